The van der Waals surface area contributed by atoms with Crippen molar-refractivity contribution in [2.75, 3.05) is 11.6 Å². The van der Waals surface area contributed by atoms with E-state index in [2.05, 4.69) is 35.8 Å². The van der Waals surface area contributed by atoms with Gasteiger partial charge in [-0.05, 0) is 43.5 Å². The van der Waals surface area contributed by atoms with Crippen LogP contribution in [0.5, 0.6) is 5.75 Å². The summed E-state index contributed by atoms with van der Waals surface area (Å²) in [5, 5.41) is 13.1. The number of aryl methyl sites for hydroxylation is 1. The maximum absolute atomic E-state index is 9.75. The van der Waals surface area contributed by atoms with Crippen LogP contribution < -0.4 is 5.32 Å². The summed E-state index contributed by atoms with van der Waals surface area (Å²) in [5.74, 6) is 0.342. The van der Waals surface area contributed by atoms with E-state index in [0.717, 1.165) is 16.8 Å². The number of benzene rings is 2. The molecule has 0 fully saturated rings. The summed E-state index contributed by atoms with van der Waals surface area (Å²) in [6, 6.07) is 13.9. The predicted octanol–water partition coefficient (Wildman–Crippen LogP) is 4.03. The van der Waals surface area contributed by atoms with Crippen molar-refractivity contribution in [3.8, 4) is 5.75 Å². The minimum Gasteiger partial charge on any atom is -0.508 e. The Balaban J connectivity index is 2.04. The van der Waals surface area contributed by atoms with Crippen LogP contribution in [0.2, 0.25) is 0 Å². The van der Waals surface area contributed by atoms with E-state index < -0.39 is 0 Å². The zero-order valence-corrected chi connectivity index (χ0v) is 11.4. The second-order valence-corrected chi connectivity index (χ2v) is 5.09. The molecule has 0 aliphatic carbocycles. The number of anilines is 1. The van der Waals surface area contributed by atoms with Crippen LogP contribution in [0.1, 0.15) is 11.1 Å². The van der Waals surface area contributed by atoms with Gasteiger partial charge < -0.3 is 10.4 Å². The van der Waals surface area contributed by atoms with Crippen molar-refractivity contribution in [2.24, 2.45) is 0 Å². The molecule has 0 unspecified atom stereocenters. The fourth-order valence-corrected chi connectivity index (χ4v) is 2.17. The molecular weight excluding hydrogens is 242 g/mol. The summed E-state index contributed by atoms with van der Waals surface area (Å²) in [7, 11) is 0. The van der Waals surface area contributed by atoms with Crippen LogP contribution in [0.15, 0.2) is 47.4 Å². The van der Waals surface area contributed by atoms with Gasteiger partial charge in [-0.2, -0.15) is 0 Å². The van der Waals surface area contributed by atoms with E-state index >= 15 is 0 Å². The van der Waals surface area contributed by atoms with E-state index in [4.69, 9.17) is 0 Å². The molecule has 0 amide bonds. The van der Waals surface area contributed by atoms with Gasteiger partial charge in [-0.3, -0.25) is 0 Å². The van der Waals surface area contributed by atoms with Crippen LogP contribution in [0.25, 0.3) is 0 Å². The van der Waals surface area contributed by atoms with Crippen molar-refractivity contribution in [1.29, 1.82) is 0 Å². The van der Waals surface area contributed by atoms with Gasteiger partial charge in [0.25, 0.3) is 0 Å². The lowest BCUT2D eigenvalue weighted by molar-refractivity contribution is 0.469. The summed E-state index contributed by atoms with van der Waals surface area (Å²) >= 11 is 1.73. The van der Waals surface area contributed by atoms with Gasteiger partial charge in [0.2, 0.25) is 0 Å². The van der Waals surface area contributed by atoms with Crippen molar-refractivity contribution in [2.45, 2.75) is 18.4 Å². The highest BCUT2D eigenvalue weighted by molar-refractivity contribution is 7.98. The summed E-state index contributed by atoms with van der Waals surface area (Å²) in [6.07, 6.45) is 2.06. The zero-order chi connectivity index (χ0) is 13.0. The Hall–Kier alpha value is -1.61. The molecule has 0 spiro atoms. The van der Waals surface area contributed by atoms with Gasteiger partial charge in [0.15, 0.2) is 0 Å². The molecule has 3 heteroatoms. The number of phenolic OH excluding ortho intramolecular Hbond substituents is 1. The lowest BCUT2D eigenvalue weighted by atomic mass is 10.1. The normalized spacial score (nSPS) is 10.3. The number of thioether (sulfide) groups is 1. The van der Waals surface area contributed by atoms with Crippen LogP contribution in [0.4, 0.5) is 5.69 Å². The van der Waals surface area contributed by atoms with Gasteiger partial charge in [-0.1, -0.05) is 17.7 Å². The third-order valence-corrected chi connectivity index (χ3v) is 3.55. The number of phenols is 1. The predicted molar refractivity (Wildman–Crippen MR) is 78.4 cm³/mol. The third-order valence-electron chi connectivity index (χ3n) is 2.81. The molecule has 2 nitrogen and oxygen atoms in total. The molecule has 2 N–H and O–H groups in total. The van der Waals surface area contributed by atoms with Gasteiger partial charge in [0.05, 0.1) is 0 Å². The molecule has 18 heavy (non-hydrogen) atoms. The van der Waals surface area contributed by atoms with Gasteiger partial charge >= 0.3 is 0 Å². The van der Waals surface area contributed by atoms with Crippen LogP contribution in [0, 0.1) is 6.92 Å². The first kappa shape index (κ1) is 12.8. The highest BCUT2D eigenvalue weighted by Crippen LogP contribution is 2.21. The van der Waals surface area contributed by atoms with Gasteiger partial charge in [0.1, 0.15) is 5.75 Å². The Morgan fingerprint density at radius 2 is 1.83 bits per heavy atom. The van der Waals surface area contributed by atoms with Crippen molar-refractivity contribution < 1.29 is 5.11 Å². The number of nitrogens with one attached hydrogen (secondary N) is 1. The lowest BCUT2D eigenvalue weighted by Crippen LogP contribution is -1.99. The molecule has 0 atom stereocenters. The average molecular weight is 259 g/mol. The number of rotatable bonds is 4. The SMILES string of the molecule is CSc1ccc(NCc2cc(C)ccc2O)cc1. The molecule has 0 heterocycles. The minimum absolute atomic E-state index is 0.342. The largest absolute Gasteiger partial charge is 0.508 e. The second kappa shape index (κ2) is 5.83. The Morgan fingerprint density at radius 3 is 2.50 bits per heavy atom. The first-order chi connectivity index (χ1) is 8.69. The fraction of sp³-hybridized carbons (Fsp3) is 0.200. The molecule has 2 aromatic carbocycles. The second-order valence-electron chi connectivity index (χ2n) is 4.21. The third kappa shape index (κ3) is 3.20. The van der Waals surface area contributed by atoms with Crippen molar-refractivity contribution in [3.05, 3.63) is 53.6 Å². The zero-order valence-electron chi connectivity index (χ0n) is 10.6. The fourth-order valence-electron chi connectivity index (χ4n) is 1.76. The van der Waals surface area contributed by atoms with Crippen molar-refractivity contribution in [1.82, 2.24) is 0 Å². The lowest BCUT2D eigenvalue weighted by Gasteiger charge is -2.09. The first-order valence-electron chi connectivity index (χ1n) is 5.85. The van der Waals surface area contributed by atoms with E-state index in [1.165, 1.54) is 4.90 Å². The Labute approximate surface area is 112 Å². The Morgan fingerprint density at radius 1 is 1.11 bits per heavy atom. The van der Waals surface area contributed by atoms with E-state index in [1.807, 2.05) is 19.1 Å². The van der Waals surface area contributed by atoms with E-state index in [1.54, 1.807) is 17.8 Å². The molecule has 2 rings (SSSR count). The molecule has 0 saturated heterocycles. The van der Waals surface area contributed by atoms with E-state index in [0.29, 0.717) is 12.3 Å². The van der Waals surface area contributed by atoms with Crippen LogP contribution >= 0.6 is 11.8 Å². The molecule has 0 aliphatic heterocycles. The Kier molecular flexibility index (Phi) is 4.15. The molecular formula is C15H17NOS. The van der Waals surface area contributed by atoms with Crippen molar-refractivity contribution >= 4 is 17.4 Å². The number of hydrogen-bond acceptors (Lipinski definition) is 3. The summed E-state index contributed by atoms with van der Waals surface area (Å²) in [6.45, 7) is 2.66. The molecule has 0 aliphatic rings. The summed E-state index contributed by atoms with van der Waals surface area (Å²) < 4.78 is 0. The average Bonchev–Trinajstić information content (AvgIpc) is 2.40. The minimum atomic E-state index is 0.342. The van der Waals surface area contributed by atoms with Crippen LogP contribution in [-0.4, -0.2) is 11.4 Å². The highest BCUT2D eigenvalue weighted by atomic mass is 32.2. The first-order valence-corrected chi connectivity index (χ1v) is 7.08. The number of aromatic hydroxyl groups is 1. The van der Waals surface area contributed by atoms with Crippen LogP contribution in [-0.2, 0) is 6.54 Å². The van der Waals surface area contributed by atoms with Gasteiger partial charge in [-0.25, -0.2) is 0 Å². The molecule has 0 aromatic heterocycles. The summed E-state index contributed by atoms with van der Waals surface area (Å²) in [5.41, 5.74) is 3.14. The monoisotopic (exact) mass is 259 g/mol. The van der Waals surface area contributed by atoms with Crippen LogP contribution in [0.3, 0.4) is 0 Å². The molecule has 2 aromatic rings. The molecule has 0 bridgehead atoms. The molecule has 94 valence electrons. The standard InChI is InChI=1S/C15H17NOS/c1-11-3-8-15(17)12(9-11)10-16-13-4-6-14(18-2)7-5-13/h3-9,16-17H,10H2,1-2H3. The maximum atomic E-state index is 9.75. The van der Waals surface area contributed by atoms with E-state index in [-0.39, 0.29) is 0 Å². The van der Waals surface area contributed by atoms with Gasteiger partial charge in [0, 0.05) is 22.7 Å². The Bertz CT molecular complexity index is 523. The molecule has 0 saturated carbocycles. The summed E-state index contributed by atoms with van der Waals surface area (Å²) in [4.78, 5) is 1.25. The smallest absolute Gasteiger partial charge is 0.120 e. The topological polar surface area (TPSA) is 32.3 Å². The highest BCUT2D eigenvalue weighted by Gasteiger charge is 2.01. The quantitative estimate of drug-likeness (QED) is 0.813. The maximum Gasteiger partial charge on any atom is 0.120 e. The molecule has 0 radical (unpaired) electrons. The number of hydrogen-bond donors (Lipinski definition) is 2. The van der Waals surface area contributed by atoms with E-state index in [9.17, 15) is 5.11 Å². The van der Waals surface area contributed by atoms with Crippen molar-refractivity contribution in [3.63, 3.8) is 0 Å². The van der Waals surface area contributed by atoms with Gasteiger partial charge in [-0.15, -0.1) is 11.8 Å².